The van der Waals surface area contributed by atoms with Crippen LogP contribution in [-0.4, -0.2) is 44.0 Å². The lowest BCUT2D eigenvalue weighted by molar-refractivity contribution is -0.122. The number of carbonyl (C=O) groups is 1. The molecule has 2 N–H and O–H groups in total. The van der Waals surface area contributed by atoms with Crippen LogP contribution in [0.25, 0.3) is 28.3 Å². The molecule has 8 heteroatoms. The van der Waals surface area contributed by atoms with Crippen molar-refractivity contribution in [1.29, 1.82) is 0 Å². The zero-order valence-electron chi connectivity index (χ0n) is 18.2. The lowest BCUT2D eigenvalue weighted by Gasteiger charge is -2.34. The molecule has 4 heterocycles. The summed E-state index contributed by atoms with van der Waals surface area (Å²) < 4.78 is 7.79. The lowest BCUT2D eigenvalue weighted by atomic mass is 10.0. The van der Waals surface area contributed by atoms with Crippen LogP contribution in [0, 0.1) is 6.92 Å². The van der Waals surface area contributed by atoms with Gasteiger partial charge in [-0.3, -0.25) is 14.2 Å². The number of hydrogen-bond acceptors (Lipinski definition) is 6. The Morgan fingerprint density at radius 2 is 2.06 bits per heavy atom. The summed E-state index contributed by atoms with van der Waals surface area (Å²) in [5.41, 5.74) is 10.4. The molecule has 8 nitrogen and oxygen atoms in total. The summed E-state index contributed by atoms with van der Waals surface area (Å²) >= 11 is 0. The molecule has 0 saturated heterocycles. The first kappa shape index (κ1) is 20.1. The predicted octanol–water partition coefficient (Wildman–Crippen LogP) is 3.23. The van der Waals surface area contributed by atoms with Crippen LogP contribution in [0.1, 0.15) is 19.4 Å². The molecular weight excluding hydrogens is 404 g/mol. The standard InChI is InChI=1S/C24H24N6O2/c1-15-14-26-9-7-17(15)21-20(28-23-27-8-4-10-30(21)23)16-5-6-19-18(13-16)29(11-12-32-19)22(31)24(2,3)25/h4-10,13-14H,11-12,25H2,1-3H3. The van der Waals surface area contributed by atoms with Gasteiger partial charge >= 0.3 is 0 Å². The van der Waals surface area contributed by atoms with Crippen molar-refractivity contribution < 1.29 is 9.53 Å². The second kappa shape index (κ2) is 7.42. The minimum Gasteiger partial charge on any atom is -0.490 e. The third-order valence-electron chi connectivity index (χ3n) is 5.57. The Bertz CT molecular complexity index is 1340. The van der Waals surface area contributed by atoms with Gasteiger partial charge in [0, 0.05) is 35.9 Å². The average molecular weight is 428 g/mol. The Morgan fingerprint density at radius 3 is 2.84 bits per heavy atom. The molecule has 0 aliphatic carbocycles. The van der Waals surface area contributed by atoms with Gasteiger partial charge in [-0.25, -0.2) is 9.97 Å². The number of carbonyl (C=O) groups excluding carboxylic acids is 1. The van der Waals surface area contributed by atoms with Gasteiger partial charge in [0.25, 0.3) is 0 Å². The highest BCUT2D eigenvalue weighted by molar-refractivity contribution is 6.01. The van der Waals surface area contributed by atoms with Gasteiger partial charge in [0.1, 0.15) is 12.4 Å². The van der Waals surface area contributed by atoms with Gasteiger partial charge in [0.05, 0.1) is 29.2 Å². The Balaban J connectivity index is 1.72. The molecule has 0 atom stereocenters. The van der Waals surface area contributed by atoms with E-state index in [0.29, 0.717) is 30.4 Å². The number of nitrogens with two attached hydrogens (primary N) is 1. The minimum atomic E-state index is -0.989. The molecule has 0 fully saturated rings. The van der Waals surface area contributed by atoms with Crippen LogP contribution in [0.2, 0.25) is 0 Å². The highest BCUT2D eigenvalue weighted by atomic mass is 16.5. The van der Waals surface area contributed by atoms with Gasteiger partial charge in [-0.1, -0.05) is 0 Å². The number of imidazole rings is 1. The van der Waals surface area contributed by atoms with Crippen LogP contribution in [0.15, 0.2) is 55.1 Å². The first-order valence-electron chi connectivity index (χ1n) is 10.5. The van der Waals surface area contributed by atoms with Crippen molar-refractivity contribution in [3.8, 4) is 28.3 Å². The normalized spacial score (nSPS) is 13.7. The van der Waals surface area contributed by atoms with Crippen LogP contribution >= 0.6 is 0 Å². The fourth-order valence-corrected chi connectivity index (χ4v) is 4.01. The van der Waals surface area contributed by atoms with E-state index in [4.69, 9.17) is 15.5 Å². The van der Waals surface area contributed by atoms with E-state index in [1.807, 2.05) is 54.0 Å². The molecule has 5 rings (SSSR count). The number of aryl methyl sites for hydroxylation is 1. The summed E-state index contributed by atoms with van der Waals surface area (Å²) in [5, 5.41) is 0. The summed E-state index contributed by atoms with van der Waals surface area (Å²) in [7, 11) is 0. The monoisotopic (exact) mass is 428 g/mol. The fourth-order valence-electron chi connectivity index (χ4n) is 4.01. The first-order valence-corrected chi connectivity index (χ1v) is 10.5. The van der Waals surface area contributed by atoms with E-state index in [9.17, 15) is 4.79 Å². The van der Waals surface area contributed by atoms with Crippen molar-refractivity contribution in [3.63, 3.8) is 0 Å². The quantitative estimate of drug-likeness (QED) is 0.538. The Morgan fingerprint density at radius 1 is 1.22 bits per heavy atom. The van der Waals surface area contributed by atoms with Gasteiger partial charge < -0.3 is 15.4 Å². The molecule has 162 valence electrons. The molecule has 0 saturated carbocycles. The van der Waals surface area contributed by atoms with Crippen LogP contribution in [0.4, 0.5) is 5.69 Å². The summed E-state index contributed by atoms with van der Waals surface area (Å²) in [5.74, 6) is 1.10. The topological polar surface area (TPSA) is 98.6 Å². The molecule has 0 unspecified atom stereocenters. The molecule has 0 bridgehead atoms. The van der Waals surface area contributed by atoms with E-state index in [1.54, 1.807) is 31.1 Å². The van der Waals surface area contributed by atoms with Crippen molar-refractivity contribution in [3.05, 3.63) is 60.7 Å². The molecule has 1 aliphatic rings. The number of nitrogens with zero attached hydrogens (tertiary/aromatic N) is 5. The molecule has 4 aromatic rings. The van der Waals surface area contributed by atoms with E-state index < -0.39 is 5.54 Å². The van der Waals surface area contributed by atoms with Crippen LogP contribution < -0.4 is 15.4 Å². The predicted molar refractivity (Wildman–Crippen MR) is 123 cm³/mol. The number of benzene rings is 1. The summed E-state index contributed by atoms with van der Waals surface area (Å²) in [6.45, 7) is 6.32. The lowest BCUT2D eigenvalue weighted by Crippen LogP contribution is -2.53. The zero-order chi connectivity index (χ0) is 22.5. The second-order valence-electron chi connectivity index (χ2n) is 8.50. The fraction of sp³-hybridized carbons (Fsp3) is 0.250. The number of anilines is 1. The SMILES string of the molecule is Cc1cnccc1-c1c(-c2ccc3c(c2)N(C(=O)C(C)(C)N)CCO3)nc2ncccn12. The summed E-state index contributed by atoms with van der Waals surface area (Å²) in [6, 6.07) is 9.64. The summed E-state index contributed by atoms with van der Waals surface area (Å²) in [4.78, 5) is 28.2. The number of fused-ring (bicyclic) bond motifs is 2. The minimum absolute atomic E-state index is 0.152. The molecule has 0 radical (unpaired) electrons. The third-order valence-corrected chi connectivity index (χ3v) is 5.57. The number of amides is 1. The van der Waals surface area contributed by atoms with Gasteiger partial charge in [-0.05, 0) is 56.7 Å². The zero-order valence-corrected chi connectivity index (χ0v) is 18.2. The van der Waals surface area contributed by atoms with E-state index in [0.717, 1.165) is 28.1 Å². The number of ether oxygens (including phenoxy) is 1. The van der Waals surface area contributed by atoms with Gasteiger partial charge in [-0.15, -0.1) is 0 Å². The van der Waals surface area contributed by atoms with Crippen molar-refractivity contribution in [2.24, 2.45) is 5.73 Å². The molecule has 1 aliphatic heterocycles. The Hall–Kier alpha value is -3.78. The number of hydrogen-bond donors (Lipinski definition) is 1. The highest BCUT2D eigenvalue weighted by Crippen LogP contribution is 2.39. The maximum Gasteiger partial charge on any atom is 0.246 e. The van der Waals surface area contributed by atoms with Crippen molar-refractivity contribution in [2.75, 3.05) is 18.1 Å². The summed E-state index contributed by atoms with van der Waals surface area (Å²) in [6.07, 6.45) is 7.27. The third kappa shape index (κ3) is 3.29. The van der Waals surface area contributed by atoms with Gasteiger partial charge in [-0.2, -0.15) is 0 Å². The Labute approximate surface area is 185 Å². The molecular formula is C24H24N6O2. The van der Waals surface area contributed by atoms with E-state index in [2.05, 4.69) is 9.97 Å². The highest BCUT2D eigenvalue weighted by Gasteiger charge is 2.33. The largest absolute Gasteiger partial charge is 0.490 e. The molecule has 0 spiro atoms. The van der Waals surface area contributed by atoms with Crippen molar-refractivity contribution in [2.45, 2.75) is 26.3 Å². The first-order chi connectivity index (χ1) is 15.3. The average Bonchev–Trinajstić information content (AvgIpc) is 3.17. The number of aromatic nitrogens is 4. The molecule has 3 aromatic heterocycles. The maximum absolute atomic E-state index is 13.0. The second-order valence-corrected chi connectivity index (χ2v) is 8.50. The molecule has 32 heavy (non-hydrogen) atoms. The Kier molecular flexibility index (Phi) is 4.67. The van der Waals surface area contributed by atoms with E-state index in [1.165, 1.54) is 0 Å². The van der Waals surface area contributed by atoms with Crippen molar-refractivity contribution in [1.82, 2.24) is 19.4 Å². The molecule has 1 amide bonds. The smallest absolute Gasteiger partial charge is 0.246 e. The number of rotatable bonds is 3. The van der Waals surface area contributed by atoms with E-state index in [-0.39, 0.29) is 5.91 Å². The van der Waals surface area contributed by atoms with Crippen LogP contribution in [-0.2, 0) is 4.79 Å². The molecule has 1 aromatic carbocycles. The maximum atomic E-state index is 13.0. The van der Waals surface area contributed by atoms with Gasteiger partial charge in [0.15, 0.2) is 0 Å². The van der Waals surface area contributed by atoms with Crippen molar-refractivity contribution >= 4 is 17.4 Å². The number of pyridine rings is 1. The van der Waals surface area contributed by atoms with E-state index >= 15 is 0 Å². The van der Waals surface area contributed by atoms with Gasteiger partial charge in [0.2, 0.25) is 11.7 Å². The van der Waals surface area contributed by atoms with Crippen LogP contribution in [0.3, 0.4) is 0 Å². The van der Waals surface area contributed by atoms with Crippen LogP contribution in [0.5, 0.6) is 5.75 Å².